The van der Waals surface area contributed by atoms with E-state index < -0.39 is 0 Å². The van der Waals surface area contributed by atoms with Crippen molar-refractivity contribution in [1.29, 1.82) is 0 Å². The van der Waals surface area contributed by atoms with Crippen molar-refractivity contribution in [2.45, 2.75) is 25.8 Å². The van der Waals surface area contributed by atoms with Crippen molar-refractivity contribution in [1.82, 2.24) is 15.6 Å². The van der Waals surface area contributed by atoms with Crippen LogP contribution in [0.1, 0.15) is 18.4 Å². The van der Waals surface area contributed by atoms with Crippen molar-refractivity contribution in [3.8, 4) is 0 Å². The molecular weight excluding hydrogens is 479 g/mol. The van der Waals surface area contributed by atoms with Crippen LogP contribution in [0.4, 0.5) is 11.5 Å². The van der Waals surface area contributed by atoms with Gasteiger partial charge in [-0.3, -0.25) is 9.79 Å². The fraction of sp³-hybridized carbons (Fsp3) is 0.381. The second-order valence-electron chi connectivity index (χ2n) is 6.93. The Hall–Kier alpha value is -2.36. The second-order valence-corrected chi connectivity index (χ2v) is 6.93. The van der Waals surface area contributed by atoms with E-state index in [9.17, 15) is 4.79 Å². The number of carbonyl (C=O) groups is 1. The van der Waals surface area contributed by atoms with Crippen LogP contribution >= 0.6 is 24.0 Å². The van der Waals surface area contributed by atoms with E-state index in [1.54, 1.807) is 19.3 Å². The molecule has 0 saturated carbocycles. The van der Waals surface area contributed by atoms with E-state index in [4.69, 9.17) is 0 Å². The average Bonchev–Trinajstić information content (AvgIpc) is 3.18. The molecule has 0 bridgehead atoms. The number of nitrogens with zero attached hydrogens (tertiary/aromatic N) is 3. The zero-order chi connectivity index (χ0) is 19.8. The van der Waals surface area contributed by atoms with Crippen molar-refractivity contribution in [3.05, 3.63) is 54.2 Å². The summed E-state index contributed by atoms with van der Waals surface area (Å²) in [6, 6.07) is 14.5. The highest BCUT2D eigenvalue weighted by Gasteiger charge is 2.23. The molecule has 2 aromatic rings. The Balaban J connectivity index is 0.00000300. The zero-order valence-corrected chi connectivity index (χ0v) is 19.2. The highest BCUT2D eigenvalue weighted by Crippen LogP contribution is 2.19. The summed E-state index contributed by atoms with van der Waals surface area (Å²) in [4.78, 5) is 22.9. The molecule has 1 amide bonds. The van der Waals surface area contributed by atoms with Crippen molar-refractivity contribution in [2.75, 3.05) is 36.9 Å². The number of aliphatic imine (C=N–C) groups is 1. The predicted octanol–water partition coefficient (Wildman–Crippen LogP) is 2.78. The number of guanidine groups is 1. The first-order chi connectivity index (χ1) is 13.6. The quantitative estimate of drug-likeness (QED) is 0.318. The molecule has 1 atom stereocenters. The predicted molar refractivity (Wildman–Crippen MR) is 129 cm³/mol. The van der Waals surface area contributed by atoms with Gasteiger partial charge in [-0.1, -0.05) is 24.3 Å². The van der Waals surface area contributed by atoms with Gasteiger partial charge in [-0.25, -0.2) is 4.98 Å². The van der Waals surface area contributed by atoms with Gasteiger partial charge >= 0.3 is 0 Å². The van der Waals surface area contributed by atoms with Crippen LogP contribution in [0.3, 0.4) is 0 Å². The van der Waals surface area contributed by atoms with Gasteiger partial charge in [0, 0.05) is 51.0 Å². The van der Waals surface area contributed by atoms with Crippen LogP contribution in [-0.2, 0) is 4.79 Å². The molecule has 1 aromatic heterocycles. The molecule has 29 heavy (non-hydrogen) atoms. The van der Waals surface area contributed by atoms with E-state index in [0.717, 1.165) is 31.0 Å². The van der Waals surface area contributed by atoms with Crippen molar-refractivity contribution < 1.29 is 4.79 Å². The van der Waals surface area contributed by atoms with Crippen molar-refractivity contribution in [3.63, 3.8) is 0 Å². The number of carbonyl (C=O) groups excluding carboxylic acids is 1. The van der Waals surface area contributed by atoms with Crippen LogP contribution < -0.4 is 20.9 Å². The number of halogens is 1. The highest BCUT2D eigenvalue weighted by atomic mass is 127. The van der Waals surface area contributed by atoms with E-state index in [-0.39, 0.29) is 29.9 Å². The third kappa shape index (κ3) is 7.19. The summed E-state index contributed by atoms with van der Waals surface area (Å²) in [6.07, 6.45) is 3.13. The summed E-state index contributed by atoms with van der Waals surface area (Å²) in [5, 5.41) is 9.47. The molecule has 1 aliphatic rings. The van der Waals surface area contributed by atoms with Crippen LogP contribution in [0, 0.1) is 6.92 Å². The Bertz CT molecular complexity index is 797. The van der Waals surface area contributed by atoms with Crippen LogP contribution in [0.15, 0.2) is 53.7 Å². The smallest absolute Gasteiger partial charge is 0.227 e. The minimum atomic E-state index is -0.0737. The molecule has 0 aliphatic carbocycles. The number of hydrogen-bond donors (Lipinski definition) is 3. The maximum Gasteiger partial charge on any atom is 0.227 e. The lowest BCUT2D eigenvalue weighted by molar-refractivity contribution is -0.116. The minimum absolute atomic E-state index is 0. The number of hydrogen-bond acceptors (Lipinski definition) is 4. The molecule has 1 aromatic carbocycles. The Labute approximate surface area is 189 Å². The van der Waals surface area contributed by atoms with E-state index >= 15 is 0 Å². The summed E-state index contributed by atoms with van der Waals surface area (Å²) in [5.41, 5.74) is 2.31. The summed E-state index contributed by atoms with van der Waals surface area (Å²) in [5.74, 6) is 1.22. The second kappa shape index (κ2) is 11.6. The van der Waals surface area contributed by atoms with Gasteiger partial charge in [0.2, 0.25) is 5.91 Å². The first-order valence-corrected chi connectivity index (χ1v) is 9.64. The first-order valence-electron chi connectivity index (χ1n) is 9.64. The zero-order valence-electron chi connectivity index (χ0n) is 16.9. The number of rotatable bonds is 6. The van der Waals surface area contributed by atoms with Gasteiger partial charge in [0.05, 0.1) is 0 Å². The fourth-order valence-electron chi connectivity index (χ4n) is 3.18. The van der Waals surface area contributed by atoms with Gasteiger partial charge in [0.25, 0.3) is 0 Å². The summed E-state index contributed by atoms with van der Waals surface area (Å²) < 4.78 is 0. The number of pyridine rings is 1. The van der Waals surface area contributed by atoms with Gasteiger partial charge in [0.1, 0.15) is 5.82 Å². The lowest BCUT2D eigenvalue weighted by atomic mass is 10.2. The average molecular weight is 508 g/mol. The van der Waals surface area contributed by atoms with E-state index in [1.165, 1.54) is 5.69 Å². The maximum atomic E-state index is 12.1. The largest absolute Gasteiger partial charge is 0.369 e. The first kappa shape index (κ1) is 22.9. The Morgan fingerprint density at radius 1 is 1.24 bits per heavy atom. The van der Waals surface area contributed by atoms with Gasteiger partial charge in [-0.05, 0) is 37.1 Å². The minimum Gasteiger partial charge on any atom is -0.369 e. The maximum absolute atomic E-state index is 12.1. The number of aromatic nitrogens is 1. The number of anilines is 2. The van der Waals surface area contributed by atoms with Crippen LogP contribution in [0.25, 0.3) is 0 Å². The molecule has 3 N–H and O–H groups in total. The van der Waals surface area contributed by atoms with Crippen molar-refractivity contribution in [2.24, 2.45) is 4.99 Å². The summed E-state index contributed by atoms with van der Waals surface area (Å²) in [7, 11) is 1.75. The summed E-state index contributed by atoms with van der Waals surface area (Å²) >= 11 is 0. The molecule has 8 heteroatoms. The molecule has 3 rings (SSSR count). The van der Waals surface area contributed by atoms with Crippen LogP contribution in [0.2, 0.25) is 0 Å². The lowest BCUT2D eigenvalue weighted by Gasteiger charge is -2.20. The standard InChI is InChI=1S/C21H28N6O.HI/c1-16-8-9-19(24-14-16)26-20(28)10-12-23-21(22-2)25-17-11-13-27(15-17)18-6-4-3-5-7-18;/h3-9,14,17H,10-13,15H2,1-2H3,(H2,22,23,25)(H,24,26,28);1H. The summed E-state index contributed by atoms with van der Waals surface area (Å²) in [6.45, 7) is 4.42. The monoisotopic (exact) mass is 508 g/mol. The van der Waals surface area contributed by atoms with Gasteiger partial charge in [0.15, 0.2) is 5.96 Å². The Morgan fingerprint density at radius 2 is 2.03 bits per heavy atom. The van der Waals surface area contributed by atoms with Crippen LogP contribution in [0.5, 0.6) is 0 Å². The number of para-hydroxylation sites is 1. The lowest BCUT2D eigenvalue weighted by Crippen LogP contribution is -2.45. The molecule has 1 fully saturated rings. The Morgan fingerprint density at radius 3 is 2.72 bits per heavy atom. The van der Waals surface area contributed by atoms with Gasteiger partial charge in [-0.2, -0.15) is 0 Å². The number of benzene rings is 1. The van der Waals surface area contributed by atoms with E-state index in [1.807, 2.05) is 19.1 Å². The third-order valence-electron chi connectivity index (χ3n) is 4.70. The molecule has 7 nitrogen and oxygen atoms in total. The molecular formula is C21H29IN6O. The van der Waals surface area contributed by atoms with Crippen LogP contribution in [-0.4, -0.2) is 49.6 Å². The Kier molecular flexibility index (Phi) is 9.17. The molecule has 2 heterocycles. The molecule has 0 spiro atoms. The fourth-order valence-corrected chi connectivity index (χ4v) is 3.18. The van der Waals surface area contributed by atoms with Gasteiger partial charge in [-0.15, -0.1) is 24.0 Å². The van der Waals surface area contributed by atoms with Crippen molar-refractivity contribution >= 4 is 47.3 Å². The molecule has 0 radical (unpaired) electrons. The number of amides is 1. The molecule has 156 valence electrons. The normalized spacial score (nSPS) is 16.1. The van der Waals surface area contributed by atoms with E-state index in [0.29, 0.717) is 24.8 Å². The van der Waals surface area contributed by atoms with E-state index in [2.05, 4.69) is 55.1 Å². The molecule has 1 unspecified atom stereocenters. The SMILES string of the molecule is CN=C(NCCC(=O)Nc1ccc(C)cn1)NC1CCN(c2ccccc2)C1.I. The number of aryl methyl sites for hydroxylation is 1. The molecule has 1 aliphatic heterocycles. The third-order valence-corrected chi connectivity index (χ3v) is 4.70. The number of nitrogens with one attached hydrogen (secondary N) is 3. The van der Waals surface area contributed by atoms with Gasteiger partial charge < -0.3 is 20.9 Å². The highest BCUT2D eigenvalue weighted by molar-refractivity contribution is 14.0. The molecule has 1 saturated heterocycles. The topological polar surface area (TPSA) is 81.6 Å².